The van der Waals surface area contributed by atoms with Crippen molar-refractivity contribution in [3.8, 4) is 0 Å². The number of hydrogen-bond donors (Lipinski definition) is 2. The van der Waals surface area contributed by atoms with Gasteiger partial charge in [-0.05, 0) is 19.3 Å². The van der Waals surface area contributed by atoms with E-state index in [1.54, 1.807) is 0 Å². The molecular weight excluding hydrogens is 256 g/mol. The average molecular weight is 285 g/mol. The quantitative estimate of drug-likeness (QED) is 0.236. The molecule has 0 aliphatic heterocycles. The molecule has 0 saturated carbocycles. The molecule has 0 aromatic rings. The summed E-state index contributed by atoms with van der Waals surface area (Å²) in [7, 11) is 0. The first kappa shape index (κ1) is 19.1. The summed E-state index contributed by atoms with van der Waals surface area (Å²) in [4.78, 5) is 11.3. The molecule has 0 radical (unpaired) electrons. The van der Waals surface area contributed by atoms with Crippen LogP contribution in [0.1, 0.15) is 57.8 Å². The molecule has 2 N–H and O–H groups in total. The fourth-order valence-corrected chi connectivity index (χ4v) is 1.73. The summed E-state index contributed by atoms with van der Waals surface area (Å²) in [5.41, 5.74) is 0. The van der Waals surface area contributed by atoms with E-state index in [0.29, 0.717) is 6.42 Å². The third kappa shape index (κ3) is 13.6. The Labute approximate surface area is 122 Å². The Morgan fingerprint density at radius 1 is 1.10 bits per heavy atom. The average Bonchev–Trinajstić information content (AvgIpc) is 2.46. The predicted octanol–water partition coefficient (Wildman–Crippen LogP) is 2.78. The van der Waals surface area contributed by atoms with Crippen LogP contribution in [-0.4, -0.2) is 35.5 Å². The van der Waals surface area contributed by atoms with Crippen molar-refractivity contribution in [2.45, 2.75) is 63.9 Å². The van der Waals surface area contributed by atoms with Crippen LogP contribution in [0.15, 0.2) is 12.2 Å². The standard InChI is InChI=1S/C16H29O4/c1-2-3-4-5-6-7-8-9-10-11-12-16(19)20-14-15(18)13-17/h4-5,15,17-18H,1-3,6-14H2/q-1/b5-4+/t15-/m0/s1. The van der Waals surface area contributed by atoms with Crippen molar-refractivity contribution in [3.63, 3.8) is 0 Å². The summed E-state index contributed by atoms with van der Waals surface area (Å²) in [5, 5.41) is 17.6. The van der Waals surface area contributed by atoms with Gasteiger partial charge < -0.3 is 21.9 Å². The molecule has 0 aliphatic rings. The van der Waals surface area contributed by atoms with Gasteiger partial charge >= 0.3 is 5.97 Å². The molecule has 0 aromatic heterocycles. The molecule has 0 spiro atoms. The van der Waals surface area contributed by atoms with Gasteiger partial charge in [0.25, 0.3) is 0 Å². The van der Waals surface area contributed by atoms with E-state index in [0.717, 1.165) is 38.5 Å². The zero-order valence-corrected chi connectivity index (χ0v) is 12.4. The molecule has 0 aliphatic carbocycles. The number of carbonyl (C=O) groups is 1. The molecule has 0 bridgehead atoms. The fraction of sp³-hybridized carbons (Fsp3) is 0.750. The van der Waals surface area contributed by atoms with Crippen molar-refractivity contribution in [3.05, 3.63) is 19.1 Å². The Hall–Kier alpha value is -0.870. The molecule has 20 heavy (non-hydrogen) atoms. The summed E-state index contributed by atoms with van der Waals surface area (Å²) in [6.45, 7) is 3.29. The maximum absolute atomic E-state index is 11.3. The minimum atomic E-state index is -0.963. The summed E-state index contributed by atoms with van der Waals surface area (Å²) in [6.07, 6.45) is 12.3. The smallest absolute Gasteiger partial charge is 0.305 e. The molecule has 118 valence electrons. The SMILES string of the molecule is [CH2-]CC/C=C/CCCCCCCC(=O)OC[C@@H](O)CO. The van der Waals surface area contributed by atoms with E-state index in [2.05, 4.69) is 19.1 Å². The van der Waals surface area contributed by atoms with Crippen LogP contribution in [0.25, 0.3) is 0 Å². The molecule has 0 heterocycles. The molecule has 0 amide bonds. The van der Waals surface area contributed by atoms with Crippen LogP contribution in [0.2, 0.25) is 0 Å². The summed E-state index contributed by atoms with van der Waals surface area (Å²) < 4.78 is 4.81. The zero-order valence-electron chi connectivity index (χ0n) is 12.4. The topological polar surface area (TPSA) is 66.8 Å². The molecule has 1 atom stereocenters. The summed E-state index contributed by atoms with van der Waals surface area (Å²) in [5.74, 6) is -0.298. The highest BCUT2D eigenvalue weighted by Gasteiger charge is 2.07. The fourth-order valence-electron chi connectivity index (χ4n) is 1.73. The third-order valence-electron chi connectivity index (χ3n) is 2.94. The first-order chi connectivity index (χ1) is 9.70. The number of esters is 1. The van der Waals surface area contributed by atoms with E-state index in [-0.39, 0.29) is 19.2 Å². The Balaban J connectivity index is 3.25. The number of allylic oxidation sites excluding steroid dienone is 2. The van der Waals surface area contributed by atoms with Crippen molar-refractivity contribution in [2.75, 3.05) is 13.2 Å². The van der Waals surface area contributed by atoms with E-state index in [4.69, 9.17) is 14.9 Å². The highest BCUT2D eigenvalue weighted by molar-refractivity contribution is 5.69. The van der Waals surface area contributed by atoms with E-state index in [1.165, 1.54) is 12.8 Å². The predicted molar refractivity (Wildman–Crippen MR) is 80.1 cm³/mol. The Kier molecular flexibility index (Phi) is 13.9. The van der Waals surface area contributed by atoms with Crippen molar-refractivity contribution in [1.29, 1.82) is 0 Å². The minimum Gasteiger partial charge on any atom is -0.463 e. The van der Waals surface area contributed by atoms with Gasteiger partial charge in [0, 0.05) is 6.42 Å². The Bertz CT molecular complexity index is 251. The number of unbranched alkanes of at least 4 members (excludes halogenated alkanes) is 6. The van der Waals surface area contributed by atoms with E-state index in [9.17, 15) is 4.79 Å². The van der Waals surface area contributed by atoms with E-state index in [1.807, 2.05) is 0 Å². The number of hydrogen-bond acceptors (Lipinski definition) is 4. The number of ether oxygens (including phenoxy) is 1. The van der Waals surface area contributed by atoms with Crippen molar-refractivity contribution in [1.82, 2.24) is 0 Å². The third-order valence-corrected chi connectivity index (χ3v) is 2.94. The van der Waals surface area contributed by atoms with Crippen LogP contribution in [0.5, 0.6) is 0 Å². The van der Waals surface area contributed by atoms with E-state index < -0.39 is 6.10 Å². The van der Waals surface area contributed by atoms with Gasteiger partial charge in [-0.15, -0.1) is 0 Å². The zero-order chi connectivity index (χ0) is 15.1. The van der Waals surface area contributed by atoms with Crippen molar-refractivity contribution >= 4 is 5.97 Å². The van der Waals surface area contributed by atoms with Gasteiger partial charge in [0.2, 0.25) is 0 Å². The maximum atomic E-state index is 11.3. The summed E-state index contributed by atoms with van der Waals surface area (Å²) in [6, 6.07) is 0. The first-order valence-corrected chi connectivity index (χ1v) is 7.59. The number of aliphatic hydroxyl groups excluding tert-OH is 2. The number of rotatable bonds is 13. The Morgan fingerprint density at radius 2 is 1.75 bits per heavy atom. The maximum Gasteiger partial charge on any atom is 0.305 e. The van der Waals surface area contributed by atoms with Gasteiger partial charge in [0.15, 0.2) is 0 Å². The largest absolute Gasteiger partial charge is 0.463 e. The van der Waals surface area contributed by atoms with Crippen molar-refractivity contribution in [2.24, 2.45) is 0 Å². The lowest BCUT2D eigenvalue weighted by molar-refractivity contribution is -0.147. The van der Waals surface area contributed by atoms with E-state index >= 15 is 0 Å². The highest BCUT2D eigenvalue weighted by Crippen LogP contribution is 2.08. The van der Waals surface area contributed by atoms with Crippen LogP contribution in [0.3, 0.4) is 0 Å². The molecular formula is C16H29O4-. The monoisotopic (exact) mass is 285 g/mol. The van der Waals surface area contributed by atoms with Crippen LogP contribution in [0.4, 0.5) is 0 Å². The second-order valence-electron chi connectivity index (χ2n) is 4.94. The van der Waals surface area contributed by atoms with Gasteiger partial charge in [-0.2, -0.15) is 6.42 Å². The van der Waals surface area contributed by atoms with Crippen LogP contribution in [-0.2, 0) is 9.53 Å². The number of aliphatic hydroxyl groups is 2. The van der Waals surface area contributed by atoms with Crippen molar-refractivity contribution < 1.29 is 19.7 Å². The minimum absolute atomic E-state index is 0.116. The van der Waals surface area contributed by atoms with Gasteiger partial charge in [-0.25, -0.2) is 0 Å². The lowest BCUT2D eigenvalue weighted by Crippen LogP contribution is -2.21. The number of carbonyl (C=O) groups excluding carboxylic acids is 1. The molecule has 0 unspecified atom stereocenters. The van der Waals surface area contributed by atoms with Crippen LogP contribution < -0.4 is 0 Å². The van der Waals surface area contributed by atoms with Crippen LogP contribution >= 0.6 is 0 Å². The van der Waals surface area contributed by atoms with Gasteiger partial charge in [-0.3, -0.25) is 4.79 Å². The van der Waals surface area contributed by atoms with Crippen LogP contribution in [0, 0.1) is 6.92 Å². The van der Waals surface area contributed by atoms with Gasteiger partial charge in [0.1, 0.15) is 12.7 Å². The lowest BCUT2D eigenvalue weighted by Gasteiger charge is -2.08. The molecule has 0 aromatic carbocycles. The lowest BCUT2D eigenvalue weighted by atomic mass is 10.1. The Morgan fingerprint density at radius 3 is 2.45 bits per heavy atom. The molecule has 0 rings (SSSR count). The molecule has 4 nitrogen and oxygen atoms in total. The highest BCUT2D eigenvalue weighted by atomic mass is 16.5. The molecule has 4 heteroatoms. The second kappa shape index (κ2) is 14.5. The second-order valence-corrected chi connectivity index (χ2v) is 4.94. The normalized spacial score (nSPS) is 12.8. The summed E-state index contributed by atoms with van der Waals surface area (Å²) >= 11 is 0. The van der Waals surface area contributed by atoms with Gasteiger partial charge in [-0.1, -0.05) is 37.8 Å². The first-order valence-electron chi connectivity index (χ1n) is 7.59. The van der Waals surface area contributed by atoms with Gasteiger partial charge in [0.05, 0.1) is 6.61 Å². The molecule has 0 saturated heterocycles. The molecule has 0 fully saturated rings.